The number of nitrogens with zero attached hydrogens (tertiary/aromatic N) is 1. The number of amides is 1. The Morgan fingerprint density at radius 3 is 2.30 bits per heavy atom. The molecule has 0 unspecified atom stereocenters. The monoisotopic (exact) mass is 534 g/mol. The summed E-state index contributed by atoms with van der Waals surface area (Å²) in [5.74, 6) is -0.594. The van der Waals surface area contributed by atoms with Crippen LogP contribution < -0.4 is 10.2 Å². The fourth-order valence-corrected chi connectivity index (χ4v) is 3.72. The Labute approximate surface area is 206 Å². The van der Waals surface area contributed by atoms with Crippen molar-refractivity contribution in [2.75, 3.05) is 0 Å². The van der Waals surface area contributed by atoms with E-state index in [1.807, 2.05) is 0 Å². The highest BCUT2D eigenvalue weighted by Gasteiger charge is 2.30. The first-order valence-corrected chi connectivity index (χ1v) is 10.6. The van der Waals surface area contributed by atoms with E-state index in [0.29, 0.717) is 21.2 Å². The summed E-state index contributed by atoms with van der Waals surface area (Å²) in [6.45, 7) is 0.0932. The zero-order valence-corrected chi connectivity index (χ0v) is 19.4. The summed E-state index contributed by atoms with van der Waals surface area (Å²) in [5, 5.41) is 5.01. The van der Waals surface area contributed by atoms with E-state index in [4.69, 9.17) is 51.1 Å². The molecule has 0 saturated carbocycles. The average Bonchev–Trinajstić information content (AvgIpc) is 2.74. The van der Waals surface area contributed by atoms with Crippen molar-refractivity contribution in [2.45, 2.75) is 12.8 Å². The van der Waals surface area contributed by atoms with Crippen LogP contribution in [0.25, 0.3) is 0 Å². The summed E-state index contributed by atoms with van der Waals surface area (Å²) < 4.78 is 44.0. The minimum atomic E-state index is -4.56. The third-order valence-corrected chi connectivity index (χ3v) is 5.39. The molecule has 0 saturated heterocycles. The van der Waals surface area contributed by atoms with Crippen molar-refractivity contribution in [3.8, 4) is 5.75 Å². The van der Waals surface area contributed by atoms with Crippen LogP contribution in [0.3, 0.4) is 0 Å². The summed E-state index contributed by atoms with van der Waals surface area (Å²) in [5.41, 5.74) is 2.13. The molecule has 0 atom stereocenters. The van der Waals surface area contributed by atoms with Gasteiger partial charge in [-0.1, -0.05) is 58.5 Å². The lowest BCUT2D eigenvalue weighted by Gasteiger charge is -2.12. The Bertz CT molecular complexity index is 1190. The van der Waals surface area contributed by atoms with E-state index < -0.39 is 17.6 Å². The maximum Gasteiger partial charge on any atom is 0.416 e. The van der Waals surface area contributed by atoms with E-state index in [0.717, 1.165) is 18.2 Å². The van der Waals surface area contributed by atoms with Crippen molar-refractivity contribution in [3.63, 3.8) is 0 Å². The molecule has 0 aliphatic carbocycles. The van der Waals surface area contributed by atoms with Gasteiger partial charge in [-0.2, -0.15) is 18.3 Å². The smallest absolute Gasteiger partial charge is 0.416 e. The second kappa shape index (κ2) is 10.7. The largest absolute Gasteiger partial charge is 0.486 e. The van der Waals surface area contributed by atoms with Crippen molar-refractivity contribution in [2.24, 2.45) is 5.10 Å². The number of benzene rings is 3. The predicted octanol–water partition coefficient (Wildman–Crippen LogP) is 7.66. The molecule has 3 aromatic rings. The quantitative estimate of drug-likeness (QED) is 0.260. The van der Waals surface area contributed by atoms with Gasteiger partial charge in [0.05, 0.1) is 21.8 Å². The Morgan fingerprint density at radius 2 is 1.67 bits per heavy atom. The molecular formula is C22H13Cl4F3N2O2. The van der Waals surface area contributed by atoms with Crippen LogP contribution in [0.1, 0.15) is 27.0 Å². The number of nitrogens with one attached hydrogen (secondary N) is 1. The second-order valence-corrected chi connectivity index (χ2v) is 8.27. The van der Waals surface area contributed by atoms with Gasteiger partial charge in [-0.3, -0.25) is 4.79 Å². The van der Waals surface area contributed by atoms with Gasteiger partial charge in [-0.15, -0.1) is 0 Å². The maximum atomic E-state index is 12.8. The zero-order valence-electron chi connectivity index (χ0n) is 16.4. The van der Waals surface area contributed by atoms with Gasteiger partial charge in [0.15, 0.2) is 5.75 Å². The molecule has 0 aromatic heterocycles. The van der Waals surface area contributed by atoms with Crippen molar-refractivity contribution in [1.29, 1.82) is 0 Å². The van der Waals surface area contributed by atoms with Crippen LogP contribution in [-0.4, -0.2) is 12.1 Å². The summed E-state index contributed by atoms with van der Waals surface area (Å²) in [4.78, 5) is 12.1. The first-order valence-electron chi connectivity index (χ1n) is 9.11. The summed E-state index contributed by atoms with van der Waals surface area (Å²) in [6, 6.07) is 11.9. The Kier molecular flexibility index (Phi) is 8.13. The molecule has 1 N–H and O–H groups in total. The summed E-state index contributed by atoms with van der Waals surface area (Å²) >= 11 is 24.5. The highest BCUT2D eigenvalue weighted by molar-refractivity contribution is 6.37. The molecule has 4 nitrogen and oxygen atoms in total. The van der Waals surface area contributed by atoms with Crippen molar-refractivity contribution >= 4 is 58.5 Å². The van der Waals surface area contributed by atoms with Crippen LogP contribution in [0, 0.1) is 0 Å². The van der Waals surface area contributed by atoms with Gasteiger partial charge in [-0.05, 0) is 48.0 Å². The fraction of sp³-hybridized carbons (Fsp3) is 0.0909. The van der Waals surface area contributed by atoms with Gasteiger partial charge in [0.25, 0.3) is 5.91 Å². The number of rotatable bonds is 6. The molecule has 33 heavy (non-hydrogen) atoms. The number of halogens is 7. The SMILES string of the molecule is O=C(N/N=C\c1cc(Cl)c(OCc2ccc(Cl)cc2Cl)c(Cl)c1)c1cccc(C(F)(F)F)c1. The van der Waals surface area contributed by atoms with Gasteiger partial charge in [0.2, 0.25) is 0 Å². The average molecular weight is 536 g/mol. The standard InChI is InChI=1S/C22H13Cl4F3N2O2/c23-16-5-4-14(17(24)9-16)11-33-20-18(25)6-12(7-19(20)26)10-30-31-21(32)13-2-1-3-15(8-13)22(27,28)29/h1-10H,11H2,(H,31,32)/b30-10-. The van der Waals surface area contributed by atoms with Gasteiger partial charge in [0.1, 0.15) is 6.61 Å². The molecule has 0 radical (unpaired) electrons. The van der Waals surface area contributed by atoms with Crippen LogP contribution in [0.2, 0.25) is 20.1 Å². The van der Waals surface area contributed by atoms with Crippen molar-refractivity contribution in [1.82, 2.24) is 5.43 Å². The predicted molar refractivity (Wildman–Crippen MR) is 124 cm³/mol. The highest BCUT2D eigenvalue weighted by Crippen LogP contribution is 2.35. The second-order valence-electron chi connectivity index (χ2n) is 6.62. The lowest BCUT2D eigenvalue weighted by molar-refractivity contribution is -0.137. The molecule has 11 heteroatoms. The first kappa shape index (κ1) is 25.2. The van der Waals surface area contributed by atoms with Gasteiger partial charge < -0.3 is 4.74 Å². The fourth-order valence-electron chi connectivity index (χ4n) is 2.65. The number of carbonyl (C=O) groups excluding carboxylic acids is 1. The number of ether oxygens (including phenoxy) is 1. The maximum absolute atomic E-state index is 12.8. The van der Waals surface area contributed by atoms with Crippen LogP contribution in [0.5, 0.6) is 5.75 Å². The first-order chi connectivity index (χ1) is 15.5. The Morgan fingerprint density at radius 1 is 0.970 bits per heavy atom. The third kappa shape index (κ3) is 6.77. The summed E-state index contributed by atoms with van der Waals surface area (Å²) in [7, 11) is 0. The molecule has 3 aromatic carbocycles. The molecule has 1 amide bonds. The van der Waals surface area contributed by atoms with Crippen molar-refractivity contribution in [3.05, 3.63) is 96.9 Å². The molecular weight excluding hydrogens is 523 g/mol. The number of hydrogen-bond acceptors (Lipinski definition) is 3. The Hall–Kier alpha value is -2.45. The van der Waals surface area contributed by atoms with E-state index in [1.165, 1.54) is 24.4 Å². The molecule has 0 aliphatic rings. The number of hydrazone groups is 1. The molecule has 0 heterocycles. The number of carbonyl (C=O) groups is 1. The molecule has 0 spiro atoms. The Balaban J connectivity index is 1.66. The van der Waals surface area contributed by atoms with E-state index in [2.05, 4.69) is 10.5 Å². The number of hydrogen-bond donors (Lipinski definition) is 1. The minimum Gasteiger partial charge on any atom is -0.486 e. The van der Waals surface area contributed by atoms with Gasteiger partial charge >= 0.3 is 6.18 Å². The third-order valence-electron chi connectivity index (χ3n) is 4.24. The van der Waals surface area contributed by atoms with Gasteiger partial charge in [-0.25, -0.2) is 5.43 Å². The van der Waals surface area contributed by atoms with Gasteiger partial charge in [0, 0.05) is 21.2 Å². The topological polar surface area (TPSA) is 50.7 Å². The van der Waals surface area contributed by atoms with E-state index in [-0.39, 0.29) is 28.0 Å². The molecule has 0 bridgehead atoms. The summed E-state index contributed by atoms with van der Waals surface area (Å²) in [6.07, 6.45) is -3.32. The molecule has 0 aliphatic heterocycles. The molecule has 3 rings (SSSR count). The van der Waals surface area contributed by atoms with Crippen LogP contribution in [0.4, 0.5) is 13.2 Å². The highest BCUT2D eigenvalue weighted by atomic mass is 35.5. The zero-order chi connectivity index (χ0) is 24.2. The molecule has 0 fully saturated rings. The normalized spacial score (nSPS) is 11.6. The minimum absolute atomic E-state index is 0.0932. The lowest BCUT2D eigenvalue weighted by atomic mass is 10.1. The van der Waals surface area contributed by atoms with E-state index in [1.54, 1.807) is 18.2 Å². The lowest BCUT2D eigenvalue weighted by Crippen LogP contribution is -2.18. The van der Waals surface area contributed by atoms with E-state index >= 15 is 0 Å². The van der Waals surface area contributed by atoms with E-state index in [9.17, 15) is 18.0 Å². The number of alkyl halides is 3. The van der Waals surface area contributed by atoms with Crippen LogP contribution in [-0.2, 0) is 12.8 Å². The molecule has 172 valence electrons. The van der Waals surface area contributed by atoms with Crippen LogP contribution >= 0.6 is 46.4 Å². The van der Waals surface area contributed by atoms with Crippen LogP contribution in [0.15, 0.2) is 59.7 Å². The van der Waals surface area contributed by atoms with Crippen molar-refractivity contribution < 1.29 is 22.7 Å².